The third-order valence-electron chi connectivity index (χ3n) is 3.00. The van der Waals surface area contributed by atoms with Crippen LogP contribution >= 0.6 is 11.6 Å². The summed E-state index contributed by atoms with van der Waals surface area (Å²) in [5, 5.41) is 7.57. The first-order valence-electron chi connectivity index (χ1n) is 6.06. The van der Waals surface area contributed by atoms with Crippen LogP contribution in [0.2, 0.25) is 5.02 Å². The van der Waals surface area contributed by atoms with E-state index in [0.717, 1.165) is 0 Å². The van der Waals surface area contributed by atoms with Gasteiger partial charge < -0.3 is 5.73 Å². The first-order valence-corrected chi connectivity index (χ1v) is 6.44. The SMILES string of the molecule is C[C@H](N)c1nc2c(Cl)cccc2c(=O)n1-c1cc[nH]n1. The molecule has 3 aromatic rings. The number of nitrogens with zero attached hydrogens (tertiary/aromatic N) is 3. The van der Waals surface area contributed by atoms with E-state index in [1.807, 2.05) is 0 Å². The Kier molecular flexibility index (Phi) is 3.04. The lowest BCUT2D eigenvalue weighted by Crippen LogP contribution is -2.27. The minimum atomic E-state index is -0.430. The minimum absolute atomic E-state index is 0.239. The molecule has 0 fully saturated rings. The summed E-state index contributed by atoms with van der Waals surface area (Å²) in [4.78, 5) is 17.1. The summed E-state index contributed by atoms with van der Waals surface area (Å²) >= 11 is 6.11. The monoisotopic (exact) mass is 289 g/mol. The quantitative estimate of drug-likeness (QED) is 0.752. The zero-order valence-electron chi connectivity index (χ0n) is 10.7. The van der Waals surface area contributed by atoms with Gasteiger partial charge in [0.2, 0.25) is 0 Å². The Morgan fingerprint density at radius 1 is 1.40 bits per heavy atom. The van der Waals surface area contributed by atoms with E-state index in [1.54, 1.807) is 37.4 Å². The van der Waals surface area contributed by atoms with Gasteiger partial charge in [0.15, 0.2) is 5.82 Å². The summed E-state index contributed by atoms with van der Waals surface area (Å²) in [5.74, 6) is 0.874. The topological polar surface area (TPSA) is 89.6 Å². The predicted molar refractivity (Wildman–Crippen MR) is 77.1 cm³/mol. The number of hydrogen-bond donors (Lipinski definition) is 2. The highest BCUT2D eigenvalue weighted by Crippen LogP contribution is 2.21. The second kappa shape index (κ2) is 4.73. The van der Waals surface area contributed by atoms with Crippen LogP contribution in [0.4, 0.5) is 0 Å². The molecule has 0 aliphatic rings. The lowest BCUT2D eigenvalue weighted by atomic mass is 10.2. The van der Waals surface area contributed by atoms with Crippen LogP contribution in [0.1, 0.15) is 18.8 Å². The number of fused-ring (bicyclic) bond motifs is 1. The second-order valence-electron chi connectivity index (χ2n) is 4.47. The van der Waals surface area contributed by atoms with Crippen LogP contribution in [0.3, 0.4) is 0 Å². The van der Waals surface area contributed by atoms with Gasteiger partial charge in [-0.3, -0.25) is 9.89 Å². The van der Waals surface area contributed by atoms with Crippen LogP contribution in [0.15, 0.2) is 35.3 Å². The molecule has 3 rings (SSSR count). The number of nitrogens with two attached hydrogens (primary N) is 1. The van der Waals surface area contributed by atoms with Crippen molar-refractivity contribution in [3.63, 3.8) is 0 Å². The normalized spacial score (nSPS) is 12.8. The summed E-state index contributed by atoms with van der Waals surface area (Å²) in [5.41, 5.74) is 6.15. The van der Waals surface area contributed by atoms with Crippen molar-refractivity contribution in [2.24, 2.45) is 5.73 Å². The van der Waals surface area contributed by atoms with Gasteiger partial charge in [-0.1, -0.05) is 17.7 Å². The molecule has 3 N–H and O–H groups in total. The Hall–Kier alpha value is -2.18. The number of aromatic nitrogens is 4. The number of para-hydroxylation sites is 1. The minimum Gasteiger partial charge on any atom is -0.322 e. The zero-order chi connectivity index (χ0) is 14.3. The van der Waals surface area contributed by atoms with Crippen LogP contribution in [0.25, 0.3) is 16.7 Å². The molecule has 7 heteroatoms. The van der Waals surface area contributed by atoms with Crippen LogP contribution in [0, 0.1) is 0 Å². The number of nitrogens with one attached hydrogen (secondary N) is 1. The molecular weight excluding hydrogens is 278 g/mol. The molecule has 1 atom stereocenters. The fraction of sp³-hybridized carbons (Fsp3) is 0.154. The highest BCUT2D eigenvalue weighted by atomic mass is 35.5. The summed E-state index contributed by atoms with van der Waals surface area (Å²) in [6.45, 7) is 1.76. The van der Waals surface area contributed by atoms with Gasteiger partial charge in [-0.15, -0.1) is 0 Å². The maximum atomic E-state index is 12.7. The van der Waals surface area contributed by atoms with Crippen molar-refractivity contribution < 1.29 is 0 Å². The van der Waals surface area contributed by atoms with Crippen LogP contribution in [0.5, 0.6) is 0 Å². The molecule has 102 valence electrons. The lowest BCUT2D eigenvalue weighted by molar-refractivity contribution is 0.688. The van der Waals surface area contributed by atoms with Gasteiger partial charge in [-0.25, -0.2) is 9.55 Å². The molecular formula is C13H12ClN5O. The second-order valence-corrected chi connectivity index (χ2v) is 4.87. The van der Waals surface area contributed by atoms with Crippen molar-refractivity contribution in [3.05, 3.63) is 51.7 Å². The Balaban J connectivity index is 2.47. The summed E-state index contributed by atoms with van der Waals surface area (Å²) in [6, 6.07) is 6.35. The van der Waals surface area contributed by atoms with Crippen molar-refractivity contribution in [3.8, 4) is 5.82 Å². The molecule has 0 aliphatic heterocycles. The zero-order valence-corrected chi connectivity index (χ0v) is 11.4. The van der Waals surface area contributed by atoms with Gasteiger partial charge >= 0.3 is 0 Å². The Labute approximate surface area is 119 Å². The number of hydrogen-bond acceptors (Lipinski definition) is 4. The van der Waals surface area contributed by atoms with Crippen molar-refractivity contribution in [2.45, 2.75) is 13.0 Å². The van der Waals surface area contributed by atoms with Crippen molar-refractivity contribution >= 4 is 22.5 Å². The number of aromatic amines is 1. The molecule has 0 aliphatic carbocycles. The molecule has 1 aromatic carbocycles. The summed E-state index contributed by atoms with van der Waals surface area (Å²) in [7, 11) is 0. The number of halogens is 1. The maximum absolute atomic E-state index is 12.7. The molecule has 0 unspecified atom stereocenters. The maximum Gasteiger partial charge on any atom is 0.267 e. The third-order valence-corrected chi connectivity index (χ3v) is 3.30. The molecule has 6 nitrogen and oxygen atoms in total. The fourth-order valence-corrected chi connectivity index (χ4v) is 2.31. The third kappa shape index (κ3) is 1.90. The van der Waals surface area contributed by atoms with E-state index in [4.69, 9.17) is 17.3 Å². The summed E-state index contributed by atoms with van der Waals surface area (Å²) in [6.07, 6.45) is 1.63. The molecule has 0 amide bonds. The van der Waals surface area contributed by atoms with E-state index >= 15 is 0 Å². The van der Waals surface area contributed by atoms with Crippen LogP contribution in [-0.2, 0) is 0 Å². The Bertz CT molecular complexity index is 823. The molecule has 2 aromatic heterocycles. The highest BCUT2D eigenvalue weighted by Gasteiger charge is 2.17. The molecule has 20 heavy (non-hydrogen) atoms. The molecule has 2 heterocycles. The van der Waals surface area contributed by atoms with Gasteiger partial charge in [0.25, 0.3) is 5.56 Å². The molecule has 0 saturated carbocycles. The van der Waals surface area contributed by atoms with Crippen molar-refractivity contribution in [1.82, 2.24) is 19.7 Å². The fourth-order valence-electron chi connectivity index (χ4n) is 2.09. The van der Waals surface area contributed by atoms with Crippen LogP contribution in [-0.4, -0.2) is 19.7 Å². The number of rotatable bonds is 2. The van der Waals surface area contributed by atoms with E-state index in [9.17, 15) is 4.79 Å². The smallest absolute Gasteiger partial charge is 0.267 e. The average molecular weight is 290 g/mol. The van der Waals surface area contributed by atoms with E-state index in [0.29, 0.717) is 27.6 Å². The first kappa shape index (κ1) is 12.8. The molecule has 0 saturated heterocycles. The first-order chi connectivity index (χ1) is 9.59. The summed E-state index contributed by atoms with van der Waals surface area (Å²) < 4.78 is 1.40. The molecule has 0 radical (unpaired) electrons. The van der Waals surface area contributed by atoms with Gasteiger partial charge in [-0.05, 0) is 19.1 Å². The van der Waals surface area contributed by atoms with E-state index in [-0.39, 0.29) is 5.56 Å². The Morgan fingerprint density at radius 3 is 2.85 bits per heavy atom. The highest BCUT2D eigenvalue weighted by molar-refractivity contribution is 6.34. The largest absolute Gasteiger partial charge is 0.322 e. The predicted octanol–water partition coefficient (Wildman–Crippen LogP) is 1.78. The van der Waals surface area contributed by atoms with E-state index in [2.05, 4.69) is 15.2 Å². The standard InChI is InChI=1S/C13H12ClN5O/c1-7(15)12-17-11-8(3-2-4-9(11)14)13(20)19(12)10-5-6-16-18-10/h2-7H,15H2,1H3,(H,16,18)/t7-/m0/s1. The van der Waals surface area contributed by atoms with Crippen molar-refractivity contribution in [1.29, 1.82) is 0 Å². The van der Waals surface area contributed by atoms with Crippen LogP contribution < -0.4 is 11.3 Å². The lowest BCUT2D eigenvalue weighted by Gasteiger charge is -2.14. The van der Waals surface area contributed by atoms with Gasteiger partial charge in [0.05, 0.1) is 22.0 Å². The Morgan fingerprint density at radius 2 is 2.20 bits per heavy atom. The van der Waals surface area contributed by atoms with E-state index < -0.39 is 6.04 Å². The number of benzene rings is 1. The van der Waals surface area contributed by atoms with Gasteiger partial charge in [-0.2, -0.15) is 5.10 Å². The van der Waals surface area contributed by atoms with Gasteiger partial charge in [0.1, 0.15) is 5.82 Å². The average Bonchev–Trinajstić information content (AvgIpc) is 2.93. The van der Waals surface area contributed by atoms with E-state index in [1.165, 1.54) is 4.57 Å². The molecule has 0 spiro atoms. The van der Waals surface area contributed by atoms with Crippen molar-refractivity contribution in [2.75, 3.05) is 0 Å². The van der Waals surface area contributed by atoms with Gasteiger partial charge in [0, 0.05) is 12.3 Å². The molecule has 0 bridgehead atoms. The number of H-pyrrole nitrogens is 1.